The molecule has 63 heavy (non-hydrogen) atoms. The van der Waals surface area contributed by atoms with Gasteiger partial charge in [0.25, 0.3) is 0 Å². The number of imidazole rings is 1. The van der Waals surface area contributed by atoms with E-state index in [2.05, 4.69) is 205 Å². The number of hydrogen-bond acceptors (Lipinski definition) is 3. The van der Waals surface area contributed by atoms with Gasteiger partial charge in [0.05, 0.1) is 22.3 Å². The third-order valence-electron chi connectivity index (χ3n) is 13.1. The molecule has 0 amide bonds. The van der Waals surface area contributed by atoms with Crippen LogP contribution in [0.5, 0.6) is 5.75 Å². The van der Waals surface area contributed by atoms with Gasteiger partial charge in [-0.25, -0.2) is 4.98 Å². The summed E-state index contributed by atoms with van der Waals surface area (Å²) in [4.78, 5) is 10.7. The first-order chi connectivity index (χ1) is 29.8. The number of phenolic OH excluding ortho intramolecular Hbond substituents is 1. The number of phenols is 1. The molecule has 7 aromatic carbocycles. The Balaban J connectivity index is 0.00000504. The van der Waals surface area contributed by atoms with Gasteiger partial charge in [0, 0.05) is 54.9 Å². The van der Waals surface area contributed by atoms with Crippen LogP contribution in [0.2, 0.25) is 0 Å². The predicted molar refractivity (Wildman–Crippen MR) is 256 cm³/mol. The number of pyridine rings is 1. The van der Waals surface area contributed by atoms with E-state index in [0.717, 1.165) is 55.8 Å². The zero-order valence-corrected chi connectivity index (χ0v) is 39.0. The number of aromatic hydroxyl groups is 1. The maximum atomic E-state index is 11.5. The molecule has 10 rings (SSSR count). The van der Waals surface area contributed by atoms with Gasteiger partial charge in [0.1, 0.15) is 11.6 Å². The van der Waals surface area contributed by atoms with Crippen LogP contribution in [0.15, 0.2) is 170 Å². The molecule has 2 aromatic heterocycles. The van der Waals surface area contributed by atoms with Crippen LogP contribution in [0.4, 0.5) is 0 Å². The van der Waals surface area contributed by atoms with Crippen molar-refractivity contribution in [2.75, 3.05) is 0 Å². The maximum Gasteiger partial charge on any atom is 0.148 e. The summed E-state index contributed by atoms with van der Waals surface area (Å²) in [7, 11) is 0. The fourth-order valence-corrected chi connectivity index (χ4v) is 9.43. The first-order valence-electron chi connectivity index (χ1n) is 21.6. The Labute approximate surface area is 385 Å². The molecule has 0 radical (unpaired) electrons. The fraction of sp³-hybridized carbons (Fsp3) is 0.172. The minimum absolute atomic E-state index is 0. The summed E-state index contributed by atoms with van der Waals surface area (Å²) in [5.41, 5.74) is 17.3. The molecular formula is C58H50N3OPt-. The van der Waals surface area contributed by atoms with Gasteiger partial charge in [0.15, 0.2) is 0 Å². The minimum atomic E-state index is -0.347. The predicted octanol–water partition coefficient (Wildman–Crippen LogP) is 14.5. The third kappa shape index (κ3) is 7.15. The van der Waals surface area contributed by atoms with Crippen LogP contribution in [0, 0.1) is 6.07 Å². The summed E-state index contributed by atoms with van der Waals surface area (Å²) in [5.74, 6) is 0.834. The van der Waals surface area contributed by atoms with E-state index in [9.17, 15) is 5.11 Å². The fourth-order valence-electron chi connectivity index (χ4n) is 9.43. The molecule has 0 spiro atoms. The molecule has 5 heteroatoms. The molecule has 0 unspecified atom stereocenters. The Hall–Kier alpha value is -6.35. The average molecular weight is 1000 g/mol. The van der Waals surface area contributed by atoms with Crippen LogP contribution in [0.3, 0.4) is 0 Å². The molecular weight excluding hydrogens is 950 g/mol. The molecule has 2 heterocycles. The second-order valence-corrected chi connectivity index (χ2v) is 18.8. The Kier molecular flexibility index (Phi) is 10.5. The molecule has 4 nitrogen and oxygen atoms in total. The molecule has 0 bridgehead atoms. The number of aromatic nitrogens is 3. The molecule has 9 aromatic rings. The largest absolute Gasteiger partial charge is 0.507 e. The number of rotatable bonds is 7. The SMILES string of the molecule is CC(C)(C)c1ccc(-n2c(-c3ccccc3O)nc3c(-c4[c-]c(-c5cc6c(cn5)-c5ccccc5C6(C)C)cc(C(C)(C)c5ccccc5)c4)cccc32)c(-c2ccccc2)c1.[Pt]. The molecule has 1 aliphatic carbocycles. The summed E-state index contributed by atoms with van der Waals surface area (Å²) in [5, 5.41) is 11.5. The summed E-state index contributed by atoms with van der Waals surface area (Å²) in [6.45, 7) is 15.9. The quantitative estimate of drug-likeness (QED) is 0.162. The summed E-state index contributed by atoms with van der Waals surface area (Å²) in [6, 6.07) is 61.4. The van der Waals surface area contributed by atoms with E-state index < -0.39 is 0 Å². The summed E-state index contributed by atoms with van der Waals surface area (Å²) < 4.78 is 2.23. The van der Waals surface area contributed by atoms with Gasteiger partial charge >= 0.3 is 0 Å². The second kappa shape index (κ2) is 15.8. The van der Waals surface area contributed by atoms with E-state index in [1.165, 1.54) is 33.4 Å². The molecule has 0 atom stereocenters. The van der Waals surface area contributed by atoms with Crippen LogP contribution >= 0.6 is 0 Å². The van der Waals surface area contributed by atoms with Gasteiger partial charge in [-0.05, 0) is 69.1 Å². The van der Waals surface area contributed by atoms with Crippen molar-refractivity contribution in [3.05, 3.63) is 204 Å². The number of benzene rings is 7. The van der Waals surface area contributed by atoms with Crippen molar-refractivity contribution in [2.45, 2.75) is 64.7 Å². The topological polar surface area (TPSA) is 50.9 Å². The van der Waals surface area contributed by atoms with Crippen LogP contribution in [-0.2, 0) is 37.3 Å². The van der Waals surface area contributed by atoms with Crippen molar-refractivity contribution >= 4 is 11.0 Å². The molecule has 0 saturated carbocycles. The first-order valence-corrected chi connectivity index (χ1v) is 21.6. The van der Waals surface area contributed by atoms with Gasteiger partial charge in [-0.3, -0.25) is 9.55 Å². The van der Waals surface area contributed by atoms with E-state index in [0.29, 0.717) is 11.4 Å². The van der Waals surface area contributed by atoms with Gasteiger partial charge in [-0.15, -0.1) is 29.3 Å². The van der Waals surface area contributed by atoms with Crippen LogP contribution < -0.4 is 0 Å². The van der Waals surface area contributed by atoms with Crippen LogP contribution in [-0.4, -0.2) is 19.6 Å². The third-order valence-corrected chi connectivity index (χ3v) is 13.1. The molecule has 0 saturated heterocycles. The van der Waals surface area contributed by atoms with E-state index in [1.807, 2.05) is 18.2 Å². The van der Waals surface area contributed by atoms with Crippen molar-refractivity contribution in [2.24, 2.45) is 0 Å². The molecule has 0 fully saturated rings. The van der Waals surface area contributed by atoms with Crippen molar-refractivity contribution in [3.63, 3.8) is 0 Å². The number of para-hydroxylation sites is 2. The summed E-state index contributed by atoms with van der Waals surface area (Å²) >= 11 is 0. The zero-order valence-electron chi connectivity index (χ0n) is 36.8. The number of fused-ring (bicyclic) bond motifs is 4. The summed E-state index contributed by atoms with van der Waals surface area (Å²) in [6.07, 6.45) is 2.05. The monoisotopic (exact) mass is 999 g/mol. The van der Waals surface area contributed by atoms with E-state index in [4.69, 9.17) is 9.97 Å². The Bertz CT molecular complexity index is 3170. The van der Waals surface area contributed by atoms with Crippen LogP contribution in [0.1, 0.15) is 76.3 Å². The second-order valence-electron chi connectivity index (χ2n) is 18.8. The first kappa shape index (κ1) is 42.0. The minimum Gasteiger partial charge on any atom is -0.507 e. The van der Waals surface area contributed by atoms with E-state index in [-0.39, 0.29) is 43.1 Å². The normalized spacial score (nSPS) is 13.1. The number of hydrogen-bond donors (Lipinski definition) is 1. The molecule has 1 aliphatic rings. The van der Waals surface area contributed by atoms with Gasteiger partial charge < -0.3 is 5.11 Å². The number of nitrogens with zero attached hydrogens (tertiary/aromatic N) is 3. The standard InChI is InChI=1S/C58H50N3O.Pt/c1-56(2,3)41-29-30-51(46(34-41)37-19-10-8-11-20-37)61-52-27-18-25-43(54(52)60-55(61)45-24-15-17-28-53(45)62)38-31-39(33-42(32-38)57(4,5)40-21-12-9-13-22-40)50-35-49-47(36-59-50)44-23-14-16-26-48(44)58(49,6)7;/h8-30,32-36,62H,1-7H3;/q-1;. The molecule has 314 valence electrons. The van der Waals surface area contributed by atoms with Gasteiger partial charge in [-0.1, -0.05) is 181 Å². The van der Waals surface area contributed by atoms with E-state index >= 15 is 0 Å². The van der Waals surface area contributed by atoms with Crippen LogP contribution in [0.25, 0.3) is 72.7 Å². The smallest absolute Gasteiger partial charge is 0.148 e. The zero-order chi connectivity index (χ0) is 43.0. The van der Waals surface area contributed by atoms with Crippen molar-refractivity contribution in [1.29, 1.82) is 0 Å². The molecule has 0 aliphatic heterocycles. The maximum absolute atomic E-state index is 11.5. The average Bonchev–Trinajstić information content (AvgIpc) is 3.78. The van der Waals surface area contributed by atoms with Crippen molar-refractivity contribution in [1.82, 2.24) is 14.5 Å². The Morgan fingerprint density at radius 1 is 0.556 bits per heavy atom. The van der Waals surface area contributed by atoms with Gasteiger partial charge in [-0.2, -0.15) is 0 Å². The Morgan fingerprint density at radius 2 is 1.21 bits per heavy atom. The Morgan fingerprint density at radius 3 is 1.94 bits per heavy atom. The van der Waals surface area contributed by atoms with E-state index in [1.54, 1.807) is 6.07 Å². The van der Waals surface area contributed by atoms with Crippen molar-refractivity contribution in [3.8, 4) is 67.5 Å². The van der Waals surface area contributed by atoms with Crippen molar-refractivity contribution < 1.29 is 26.2 Å². The molecule has 1 N–H and O–H groups in total. The van der Waals surface area contributed by atoms with Gasteiger partial charge in [0.2, 0.25) is 0 Å².